The second-order valence-electron chi connectivity index (χ2n) is 5.09. The fourth-order valence-electron chi connectivity index (χ4n) is 1.56. The SMILES string of the molecule is CCc1ccc(OC)c(C(=O)NC(C)(C)C)c1. The fourth-order valence-corrected chi connectivity index (χ4v) is 1.56. The van der Waals surface area contributed by atoms with Crippen LogP contribution in [0.3, 0.4) is 0 Å². The minimum atomic E-state index is -0.246. The van der Waals surface area contributed by atoms with Crippen molar-refractivity contribution in [2.45, 2.75) is 39.7 Å². The van der Waals surface area contributed by atoms with Gasteiger partial charge in [0.15, 0.2) is 0 Å². The van der Waals surface area contributed by atoms with Gasteiger partial charge >= 0.3 is 0 Å². The van der Waals surface area contributed by atoms with Crippen LogP contribution in [0, 0.1) is 0 Å². The van der Waals surface area contributed by atoms with Crippen molar-refractivity contribution in [3.05, 3.63) is 29.3 Å². The average molecular weight is 235 g/mol. The molecule has 1 rings (SSSR count). The number of rotatable bonds is 3. The first-order valence-electron chi connectivity index (χ1n) is 5.87. The molecule has 1 N–H and O–H groups in total. The van der Waals surface area contributed by atoms with Crippen molar-refractivity contribution in [2.75, 3.05) is 7.11 Å². The summed E-state index contributed by atoms with van der Waals surface area (Å²) >= 11 is 0. The summed E-state index contributed by atoms with van der Waals surface area (Å²) in [5.41, 5.74) is 1.48. The first-order valence-corrected chi connectivity index (χ1v) is 5.87. The number of methoxy groups -OCH3 is 1. The fraction of sp³-hybridized carbons (Fsp3) is 0.500. The van der Waals surface area contributed by atoms with Gasteiger partial charge in [0, 0.05) is 5.54 Å². The van der Waals surface area contributed by atoms with Gasteiger partial charge < -0.3 is 10.1 Å². The lowest BCUT2D eigenvalue weighted by Gasteiger charge is -2.21. The van der Waals surface area contributed by atoms with E-state index in [0.717, 1.165) is 12.0 Å². The molecule has 1 amide bonds. The summed E-state index contributed by atoms with van der Waals surface area (Å²) in [6, 6.07) is 5.71. The van der Waals surface area contributed by atoms with E-state index < -0.39 is 0 Å². The maximum atomic E-state index is 12.1. The Bertz CT molecular complexity index is 405. The normalized spacial score (nSPS) is 11.1. The van der Waals surface area contributed by atoms with Gasteiger partial charge in [-0.1, -0.05) is 13.0 Å². The molecule has 17 heavy (non-hydrogen) atoms. The van der Waals surface area contributed by atoms with Crippen LogP contribution in [0.5, 0.6) is 5.75 Å². The van der Waals surface area contributed by atoms with E-state index in [1.165, 1.54) is 0 Å². The van der Waals surface area contributed by atoms with Crippen LogP contribution in [0.1, 0.15) is 43.6 Å². The molecule has 0 heterocycles. The Morgan fingerprint density at radius 2 is 2.00 bits per heavy atom. The van der Waals surface area contributed by atoms with Crippen LogP contribution in [0.4, 0.5) is 0 Å². The van der Waals surface area contributed by atoms with Crippen LogP contribution in [-0.2, 0) is 6.42 Å². The van der Waals surface area contributed by atoms with Crippen molar-refractivity contribution < 1.29 is 9.53 Å². The van der Waals surface area contributed by atoms with E-state index in [4.69, 9.17) is 4.74 Å². The number of nitrogens with one attached hydrogen (secondary N) is 1. The van der Waals surface area contributed by atoms with Gasteiger partial charge in [-0.25, -0.2) is 0 Å². The molecule has 94 valence electrons. The summed E-state index contributed by atoms with van der Waals surface area (Å²) in [6.07, 6.45) is 0.903. The minimum absolute atomic E-state index is 0.0929. The van der Waals surface area contributed by atoms with Gasteiger partial charge in [0.2, 0.25) is 0 Å². The Labute approximate surface area is 103 Å². The minimum Gasteiger partial charge on any atom is -0.496 e. The van der Waals surface area contributed by atoms with E-state index in [2.05, 4.69) is 12.2 Å². The molecule has 0 aliphatic heterocycles. The standard InChI is InChI=1S/C14H21NO2/c1-6-10-7-8-12(17-5)11(9-10)13(16)15-14(2,3)4/h7-9H,6H2,1-5H3,(H,15,16). The Balaban J connectivity index is 3.05. The molecule has 0 aliphatic rings. The summed E-state index contributed by atoms with van der Waals surface area (Å²) in [5, 5.41) is 2.94. The highest BCUT2D eigenvalue weighted by molar-refractivity contribution is 5.97. The molecule has 0 atom stereocenters. The Morgan fingerprint density at radius 3 is 2.47 bits per heavy atom. The predicted octanol–water partition coefficient (Wildman–Crippen LogP) is 2.79. The molecule has 0 fully saturated rings. The van der Waals surface area contributed by atoms with Crippen molar-refractivity contribution in [1.29, 1.82) is 0 Å². The number of carbonyl (C=O) groups excluding carboxylic acids is 1. The van der Waals surface area contributed by atoms with E-state index in [-0.39, 0.29) is 11.4 Å². The van der Waals surface area contributed by atoms with E-state index in [9.17, 15) is 4.79 Å². The Hall–Kier alpha value is -1.51. The van der Waals surface area contributed by atoms with Gasteiger partial charge in [0.25, 0.3) is 5.91 Å². The highest BCUT2D eigenvalue weighted by Gasteiger charge is 2.18. The van der Waals surface area contributed by atoms with Gasteiger partial charge in [-0.3, -0.25) is 4.79 Å². The molecule has 0 aromatic heterocycles. The molecule has 3 heteroatoms. The van der Waals surface area contributed by atoms with Crippen LogP contribution >= 0.6 is 0 Å². The first-order chi connectivity index (χ1) is 7.87. The zero-order valence-electron chi connectivity index (χ0n) is 11.3. The second-order valence-corrected chi connectivity index (χ2v) is 5.09. The number of benzene rings is 1. The molecule has 0 bridgehead atoms. The molecule has 3 nitrogen and oxygen atoms in total. The third-order valence-corrected chi connectivity index (χ3v) is 2.41. The second kappa shape index (κ2) is 5.21. The van der Waals surface area contributed by atoms with Crippen molar-refractivity contribution in [3.63, 3.8) is 0 Å². The van der Waals surface area contributed by atoms with Gasteiger partial charge in [0.05, 0.1) is 12.7 Å². The van der Waals surface area contributed by atoms with Crippen LogP contribution in [0.2, 0.25) is 0 Å². The lowest BCUT2D eigenvalue weighted by atomic mass is 10.0. The molecule has 0 saturated heterocycles. The maximum Gasteiger partial charge on any atom is 0.255 e. The summed E-state index contributed by atoms with van der Waals surface area (Å²) in [5.74, 6) is 0.522. The molecular formula is C14H21NO2. The molecule has 1 aromatic rings. The van der Waals surface area contributed by atoms with Crippen molar-refractivity contribution in [2.24, 2.45) is 0 Å². The van der Waals surface area contributed by atoms with Gasteiger partial charge in [0.1, 0.15) is 5.75 Å². The topological polar surface area (TPSA) is 38.3 Å². The first kappa shape index (κ1) is 13.6. The number of ether oxygens (including phenoxy) is 1. The Kier molecular flexibility index (Phi) is 4.16. The third kappa shape index (κ3) is 3.77. The summed E-state index contributed by atoms with van der Waals surface area (Å²) < 4.78 is 5.22. The average Bonchev–Trinajstić information content (AvgIpc) is 2.25. The maximum absolute atomic E-state index is 12.1. The van der Waals surface area contributed by atoms with Gasteiger partial charge in [-0.2, -0.15) is 0 Å². The molecular weight excluding hydrogens is 214 g/mol. The lowest BCUT2D eigenvalue weighted by molar-refractivity contribution is 0.0916. The summed E-state index contributed by atoms with van der Waals surface area (Å²) in [4.78, 5) is 12.1. The zero-order valence-corrected chi connectivity index (χ0v) is 11.3. The van der Waals surface area contributed by atoms with Crippen molar-refractivity contribution >= 4 is 5.91 Å². The number of carbonyl (C=O) groups is 1. The van der Waals surface area contributed by atoms with Gasteiger partial charge in [-0.15, -0.1) is 0 Å². The molecule has 0 unspecified atom stereocenters. The van der Waals surface area contributed by atoms with Crippen molar-refractivity contribution in [1.82, 2.24) is 5.32 Å². The van der Waals surface area contributed by atoms with E-state index >= 15 is 0 Å². The largest absolute Gasteiger partial charge is 0.496 e. The molecule has 0 aliphatic carbocycles. The summed E-state index contributed by atoms with van der Waals surface area (Å²) in [6.45, 7) is 7.94. The van der Waals surface area contributed by atoms with Crippen LogP contribution in [0.15, 0.2) is 18.2 Å². The molecule has 1 aromatic carbocycles. The number of hydrogen-bond acceptors (Lipinski definition) is 2. The number of aryl methyl sites for hydroxylation is 1. The van der Waals surface area contributed by atoms with E-state index in [0.29, 0.717) is 11.3 Å². The van der Waals surface area contributed by atoms with E-state index in [1.54, 1.807) is 7.11 Å². The molecule has 0 saturated carbocycles. The van der Waals surface area contributed by atoms with Crippen molar-refractivity contribution in [3.8, 4) is 5.75 Å². The van der Waals surface area contributed by atoms with E-state index in [1.807, 2.05) is 39.0 Å². The summed E-state index contributed by atoms with van der Waals surface area (Å²) in [7, 11) is 1.58. The smallest absolute Gasteiger partial charge is 0.255 e. The molecule has 0 spiro atoms. The predicted molar refractivity (Wildman–Crippen MR) is 69.6 cm³/mol. The number of hydrogen-bond donors (Lipinski definition) is 1. The van der Waals surface area contributed by atoms with Crippen LogP contribution in [0.25, 0.3) is 0 Å². The quantitative estimate of drug-likeness (QED) is 0.875. The highest BCUT2D eigenvalue weighted by Crippen LogP contribution is 2.20. The van der Waals surface area contributed by atoms with Gasteiger partial charge in [-0.05, 0) is 44.9 Å². The van der Waals surface area contributed by atoms with Crippen LogP contribution in [-0.4, -0.2) is 18.6 Å². The Morgan fingerprint density at radius 1 is 1.35 bits per heavy atom. The molecule has 0 radical (unpaired) electrons. The highest BCUT2D eigenvalue weighted by atomic mass is 16.5. The zero-order chi connectivity index (χ0) is 13.1. The van der Waals surface area contributed by atoms with Crippen LogP contribution < -0.4 is 10.1 Å². The monoisotopic (exact) mass is 235 g/mol. The lowest BCUT2D eigenvalue weighted by Crippen LogP contribution is -2.40. The third-order valence-electron chi connectivity index (χ3n) is 2.41. The number of amides is 1.